The number of carbonyl (C=O) groups excluding carboxylic acids is 1. The summed E-state index contributed by atoms with van der Waals surface area (Å²) in [5.41, 5.74) is 0. The average molecular weight is 380 g/mol. The Labute approximate surface area is 146 Å². The highest BCUT2D eigenvalue weighted by atomic mass is 35.5. The van der Waals surface area contributed by atoms with Crippen LogP contribution in [0.5, 0.6) is 5.75 Å². The van der Waals surface area contributed by atoms with Gasteiger partial charge in [-0.25, -0.2) is 8.42 Å². The van der Waals surface area contributed by atoms with Crippen LogP contribution in [0.4, 0.5) is 0 Å². The van der Waals surface area contributed by atoms with Crippen LogP contribution in [-0.2, 0) is 14.6 Å². The summed E-state index contributed by atoms with van der Waals surface area (Å²) in [6.07, 6.45) is 0.952. The second-order valence-electron chi connectivity index (χ2n) is 5.40. The molecule has 1 aromatic rings. The number of piperidine rings is 1. The topological polar surface area (TPSA) is 63.7 Å². The van der Waals surface area contributed by atoms with E-state index in [1.807, 2.05) is 0 Å². The second kappa shape index (κ2) is 7.73. The number of amides is 1. The van der Waals surface area contributed by atoms with Crippen LogP contribution in [0.3, 0.4) is 0 Å². The molecule has 1 heterocycles. The molecule has 0 atom stereocenters. The number of rotatable bonds is 5. The van der Waals surface area contributed by atoms with Crippen molar-refractivity contribution in [2.24, 2.45) is 0 Å². The van der Waals surface area contributed by atoms with Gasteiger partial charge in [0.15, 0.2) is 16.4 Å². The van der Waals surface area contributed by atoms with Crippen LogP contribution in [0.2, 0.25) is 10.0 Å². The minimum atomic E-state index is -3.03. The molecule has 0 unspecified atom stereocenters. The molecule has 0 bridgehead atoms. The molecule has 23 heavy (non-hydrogen) atoms. The number of halogens is 2. The molecule has 0 N–H and O–H groups in total. The summed E-state index contributed by atoms with van der Waals surface area (Å²) >= 11 is 11.8. The van der Waals surface area contributed by atoms with Gasteiger partial charge in [0.1, 0.15) is 5.75 Å². The number of hydrogen-bond acceptors (Lipinski definition) is 4. The third kappa shape index (κ3) is 4.75. The Morgan fingerprint density at radius 2 is 1.96 bits per heavy atom. The zero-order valence-electron chi connectivity index (χ0n) is 12.8. The van der Waals surface area contributed by atoms with Crippen molar-refractivity contribution < 1.29 is 17.9 Å². The molecule has 1 aliphatic heterocycles. The van der Waals surface area contributed by atoms with Gasteiger partial charge in [0.2, 0.25) is 0 Å². The van der Waals surface area contributed by atoms with Crippen LogP contribution in [0, 0.1) is 0 Å². The molecule has 0 aromatic heterocycles. The molecule has 1 aromatic carbocycles. The van der Waals surface area contributed by atoms with Gasteiger partial charge >= 0.3 is 0 Å². The summed E-state index contributed by atoms with van der Waals surface area (Å²) in [7, 11) is -3.03. The van der Waals surface area contributed by atoms with Crippen molar-refractivity contribution >= 4 is 38.9 Å². The number of sulfone groups is 1. The maximum Gasteiger partial charge on any atom is 0.260 e. The highest BCUT2D eigenvalue weighted by molar-refractivity contribution is 7.92. The fourth-order valence-corrected chi connectivity index (χ4v) is 4.39. The van der Waals surface area contributed by atoms with Gasteiger partial charge in [0.05, 0.1) is 10.3 Å². The van der Waals surface area contributed by atoms with Gasteiger partial charge in [-0.15, -0.1) is 0 Å². The largest absolute Gasteiger partial charge is 0.482 e. The second-order valence-corrected chi connectivity index (χ2v) is 8.81. The van der Waals surface area contributed by atoms with Crippen LogP contribution in [-0.4, -0.2) is 49.9 Å². The maximum atomic E-state index is 12.2. The van der Waals surface area contributed by atoms with Crippen LogP contribution in [0.25, 0.3) is 0 Å². The van der Waals surface area contributed by atoms with Gasteiger partial charge in [-0.1, -0.05) is 30.1 Å². The average Bonchev–Trinajstić information content (AvgIpc) is 2.54. The minimum Gasteiger partial charge on any atom is -0.482 e. The Hall–Kier alpha value is -0.980. The fourth-order valence-electron chi connectivity index (χ4n) is 2.52. The zero-order valence-corrected chi connectivity index (χ0v) is 15.1. The molecule has 0 saturated carbocycles. The Morgan fingerprint density at radius 1 is 1.30 bits per heavy atom. The first-order chi connectivity index (χ1) is 10.8. The van der Waals surface area contributed by atoms with Crippen molar-refractivity contribution in [2.45, 2.75) is 25.0 Å². The predicted molar refractivity (Wildman–Crippen MR) is 91.0 cm³/mol. The van der Waals surface area contributed by atoms with E-state index in [1.54, 1.807) is 30.0 Å². The summed E-state index contributed by atoms with van der Waals surface area (Å²) in [4.78, 5) is 13.8. The summed E-state index contributed by atoms with van der Waals surface area (Å²) in [6, 6.07) is 4.79. The molecule has 5 nitrogen and oxygen atoms in total. The monoisotopic (exact) mass is 379 g/mol. The van der Waals surface area contributed by atoms with E-state index in [9.17, 15) is 13.2 Å². The van der Waals surface area contributed by atoms with Crippen molar-refractivity contribution in [3.63, 3.8) is 0 Å². The van der Waals surface area contributed by atoms with Crippen LogP contribution < -0.4 is 4.74 Å². The lowest BCUT2D eigenvalue weighted by Crippen LogP contribution is -2.44. The zero-order chi connectivity index (χ0) is 17.0. The molecule has 0 aliphatic carbocycles. The number of hydrogen-bond donors (Lipinski definition) is 0. The van der Waals surface area contributed by atoms with E-state index in [-0.39, 0.29) is 23.5 Å². The Bertz CT molecular complexity index is 670. The number of nitrogens with zero attached hydrogens (tertiary/aromatic N) is 1. The van der Waals surface area contributed by atoms with Gasteiger partial charge in [0, 0.05) is 23.9 Å². The van der Waals surface area contributed by atoms with Gasteiger partial charge in [-0.05, 0) is 31.0 Å². The third-order valence-corrected chi connectivity index (χ3v) is 6.77. The molecular formula is C15H19Cl2NO4S. The van der Waals surface area contributed by atoms with Gasteiger partial charge in [0.25, 0.3) is 5.91 Å². The summed E-state index contributed by atoms with van der Waals surface area (Å²) in [5.74, 6) is 0.361. The van der Waals surface area contributed by atoms with E-state index in [0.29, 0.717) is 41.7 Å². The standard InChI is InChI=1S/C15H19Cl2NO4S/c1-2-23(20,21)12-5-7-18(8-6-12)15(19)10-22-14-4-3-11(16)9-13(14)17/h3-4,9,12H,2,5-8,10H2,1H3. The van der Waals surface area contributed by atoms with Crippen LogP contribution in [0.1, 0.15) is 19.8 Å². The van der Waals surface area contributed by atoms with E-state index < -0.39 is 9.84 Å². The first-order valence-corrected chi connectivity index (χ1v) is 9.88. The molecule has 1 fully saturated rings. The van der Waals surface area contributed by atoms with Crippen molar-refractivity contribution in [3.05, 3.63) is 28.2 Å². The molecule has 1 amide bonds. The Kier molecular flexibility index (Phi) is 6.17. The van der Waals surface area contributed by atoms with Gasteiger partial charge in [-0.2, -0.15) is 0 Å². The van der Waals surface area contributed by atoms with E-state index in [4.69, 9.17) is 27.9 Å². The molecule has 0 radical (unpaired) electrons. The highest BCUT2D eigenvalue weighted by Gasteiger charge is 2.30. The van der Waals surface area contributed by atoms with E-state index in [0.717, 1.165) is 0 Å². The smallest absolute Gasteiger partial charge is 0.260 e. The molecule has 1 saturated heterocycles. The SMILES string of the molecule is CCS(=O)(=O)C1CCN(C(=O)COc2ccc(Cl)cc2Cl)CC1. The van der Waals surface area contributed by atoms with Crippen molar-refractivity contribution in [3.8, 4) is 5.75 Å². The van der Waals surface area contributed by atoms with E-state index in [1.165, 1.54) is 0 Å². The Morgan fingerprint density at radius 3 is 2.52 bits per heavy atom. The normalized spacial score (nSPS) is 16.4. The summed E-state index contributed by atoms with van der Waals surface area (Å²) < 4.78 is 29.1. The lowest BCUT2D eigenvalue weighted by atomic mass is 10.1. The third-order valence-electron chi connectivity index (χ3n) is 3.95. The number of ether oxygens (including phenoxy) is 1. The maximum absolute atomic E-state index is 12.2. The van der Waals surface area contributed by atoms with Crippen LogP contribution >= 0.6 is 23.2 Å². The van der Waals surface area contributed by atoms with Gasteiger partial charge < -0.3 is 9.64 Å². The lowest BCUT2D eigenvalue weighted by molar-refractivity contribution is -0.134. The fraction of sp³-hybridized carbons (Fsp3) is 0.533. The summed E-state index contributed by atoms with van der Waals surface area (Å²) in [6.45, 7) is 2.38. The van der Waals surface area contributed by atoms with E-state index >= 15 is 0 Å². The number of carbonyl (C=O) groups is 1. The molecule has 8 heteroatoms. The molecule has 2 rings (SSSR count). The summed E-state index contributed by atoms with van der Waals surface area (Å²) in [5, 5.41) is 0.495. The lowest BCUT2D eigenvalue weighted by Gasteiger charge is -2.31. The van der Waals surface area contributed by atoms with Crippen molar-refractivity contribution in [1.82, 2.24) is 4.90 Å². The molecule has 1 aliphatic rings. The van der Waals surface area contributed by atoms with Crippen molar-refractivity contribution in [2.75, 3.05) is 25.4 Å². The molecule has 0 spiro atoms. The predicted octanol–water partition coefficient (Wildman–Crippen LogP) is 2.80. The van der Waals surface area contributed by atoms with Crippen molar-refractivity contribution in [1.29, 1.82) is 0 Å². The van der Waals surface area contributed by atoms with Crippen LogP contribution in [0.15, 0.2) is 18.2 Å². The van der Waals surface area contributed by atoms with E-state index in [2.05, 4.69) is 0 Å². The Balaban J connectivity index is 1.86. The van der Waals surface area contributed by atoms with Gasteiger partial charge in [-0.3, -0.25) is 4.79 Å². The highest BCUT2D eigenvalue weighted by Crippen LogP contribution is 2.27. The molecular weight excluding hydrogens is 361 g/mol. The minimum absolute atomic E-state index is 0.132. The number of likely N-dealkylation sites (tertiary alicyclic amines) is 1. The number of benzene rings is 1. The molecule has 128 valence electrons. The first-order valence-electron chi connectivity index (χ1n) is 7.40. The first kappa shape index (κ1) is 18.4. The quantitative estimate of drug-likeness (QED) is 0.788.